The van der Waals surface area contributed by atoms with Gasteiger partial charge in [-0.05, 0) is 25.3 Å². The molecule has 2 aliphatic rings. The van der Waals surface area contributed by atoms with Crippen LogP contribution in [0.5, 0.6) is 0 Å². The van der Waals surface area contributed by atoms with E-state index in [1.54, 1.807) is 16.8 Å². The van der Waals surface area contributed by atoms with Crippen LogP contribution in [0.4, 0.5) is 0 Å². The van der Waals surface area contributed by atoms with E-state index in [2.05, 4.69) is 10.6 Å². The first-order chi connectivity index (χ1) is 14.3. The predicted octanol–water partition coefficient (Wildman–Crippen LogP) is -2.69. The van der Waals surface area contributed by atoms with Crippen LogP contribution in [-0.4, -0.2) is 59.1 Å². The van der Waals surface area contributed by atoms with Crippen molar-refractivity contribution in [2.24, 2.45) is 11.5 Å². The Hall–Kier alpha value is -3.50. The largest absolute Gasteiger partial charge is 0.368 e. The Labute approximate surface area is 172 Å². The number of rotatable bonds is 7. The van der Waals surface area contributed by atoms with E-state index in [9.17, 15) is 24.0 Å². The smallest absolute Gasteiger partial charge is 0.254 e. The minimum atomic E-state index is -1.02. The van der Waals surface area contributed by atoms with Gasteiger partial charge in [-0.25, -0.2) is 4.57 Å². The number of hydrogen-bond donors (Lipinski definition) is 4. The van der Waals surface area contributed by atoms with Crippen LogP contribution in [0.3, 0.4) is 0 Å². The van der Waals surface area contributed by atoms with E-state index in [0.29, 0.717) is 25.8 Å². The number of amides is 5. The van der Waals surface area contributed by atoms with Gasteiger partial charge >= 0.3 is 0 Å². The molecule has 11 heteroatoms. The van der Waals surface area contributed by atoms with Crippen LogP contribution in [0.2, 0.25) is 0 Å². The first kappa shape index (κ1) is 21.2. The van der Waals surface area contributed by atoms with E-state index in [4.69, 9.17) is 11.5 Å². The highest BCUT2D eigenvalue weighted by Crippen LogP contribution is 2.18. The molecule has 160 valence electrons. The van der Waals surface area contributed by atoms with Crippen molar-refractivity contribution in [3.63, 3.8) is 0 Å². The molecule has 0 bridgehead atoms. The van der Waals surface area contributed by atoms with Crippen molar-refractivity contribution in [1.29, 1.82) is 0 Å². The van der Waals surface area contributed by atoms with Crippen molar-refractivity contribution in [2.75, 3.05) is 6.54 Å². The van der Waals surface area contributed by atoms with Gasteiger partial charge in [0, 0.05) is 19.0 Å². The highest BCUT2D eigenvalue weighted by atomic mass is 16.2. The summed E-state index contributed by atoms with van der Waals surface area (Å²) in [6.07, 6.45) is 4.77. The van der Waals surface area contributed by atoms with Gasteiger partial charge in [-0.2, -0.15) is 0 Å². The maximum absolute atomic E-state index is 13.2. The molecule has 6 N–H and O–H groups in total. The van der Waals surface area contributed by atoms with Crippen LogP contribution in [0.15, 0.2) is 24.5 Å². The summed E-state index contributed by atoms with van der Waals surface area (Å²) in [5.41, 5.74) is 11.0. The van der Waals surface area contributed by atoms with Crippen molar-refractivity contribution in [1.82, 2.24) is 15.5 Å². The predicted molar refractivity (Wildman–Crippen MR) is 102 cm³/mol. The molecular formula is C19H25N6O5+. The van der Waals surface area contributed by atoms with E-state index >= 15 is 0 Å². The fourth-order valence-corrected chi connectivity index (χ4v) is 3.79. The van der Waals surface area contributed by atoms with Gasteiger partial charge in [-0.15, -0.1) is 0 Å². The van der Waals surface area contributed by atoms with Gasteiger partial charge < -0.3 is 27.0 Å². The zero-order valence-electron chi connectivity index (χ0n) is 16.4. The molecular weight excluding hydrogens is 392 g/mol. The summed E-state index contributed by atoms with van der Waals surface area (Å²) < 4.78 is 1.56. The van der Waals surface area contributed by atoms with Crippen LogP contribution < -0.4 is 26.7 Å². The minimum absolute atomic E-state index is 0.00828. The standard InChI is InChI=1S/C19H24N6O5/c20-16(27)11-3-1-7-24(9-11)10-13(23-18(29)12-5-6-15(26)22-12)19(30)25-8-2-4-14(25)17(21)28/h1,3,7,9,12-14H,2,4-6,8,10H2,(H5-,20,21,22,23,26,27,28,29)/p+1/t12-,13-,14-/m0/s1. The second kappa shape index (κ2) is 8.89. The second-order valence-corrected chi connectivity index (χ2v) is 7.47. The average Bonchev–Trinajstić information content (AvgIpc) is 3.36. The molecule has 0 radical (unpaired) electrons. The maximum Gasteiger partial charge on any atom is 0.254 e. The molecule has 3 atom stereocenters. The molecule has 2 aliphatic heterocycles. The van der Waals surface area contributed by atoms with E-state index in [-0.39, 0.29) is 24.4 Å². The number of primary amides is 2. The molecule has 3 heterocycles. The summed E-state index contributed by atoms with van der Waals surface area (Å²) in [5.74, 6) is -2.39. The lowest BCUT2D eigenvalue weighted by molar-refractivity contribution is -0.697. The summed E-state index contributed by atoms with van der Waals surface area (Å²) in [7, 11) is 0. The third-order valence-corrected chi connectivity index (χ3v) is 5.33. The lowest BCUT2D eigenvalue weighted by Crippen LogP contribution is -2.59. The summed E-state index contributed by atoms with van der Waals surface area (Å²) in [4.78, 5) is 61.8. The van der Waals surface area contributed by atoms with Crippen LogP contribution in [0.25, 0.3) is 0 Å². The Morgan fingerprint density at radius 1 is 1.27 bits per heavy atom. The first-order valence-corrected chi connectivity index (χ1v) is 9.74. The van der Waals surface area contributed by atoms with Crippen LogP contribution in [0, 0.1) is 0 Å². The zero-order valence-corrected chi connectivity index (χ0v) is 16.4. The van der Waals surface area contributed by atoms with Crippen molar-refractivity contribution >= 4 is 29.5 Å². The Balaban J connectivity index is 1.82. The van der Waals surface area contributed by atoms with E-state index < -0.39 is 41.8 Å². The van der Waals surface area contributed by atoms with Gasteiger partial charge in [0.15, 0.2) is 25.0 Å². The fraction of sp³-hybridized carbons (Fsp3) is 0.474. The van der Waals surface area contributed by atoms with Crippen LogP contribution in [0.1, 0.15) is 36.0 Å². The molecule has 0 spiro atoms. The number of pyridine rings is 1. The van der Waals surface area contributed by atoms with Gasteiger partial charge in [-0.3, -0.25) is 24.0 Å². The van der Waals surface area contributed by atoms with E-state index in [0.717, 1.165) is 0 Å². The maximum atomic E-state index is 13.2. The molecule has 0 saturated carbocycles. The third-order valence-electron chi connectivity index (χ3n) is 5.33. The van der Waals surface area contributed by atoms with Gasteiger partial charge in [0.2, 0.25) is 17.7 Å². The number of aromatic nitrogens is 1. The number of hydrogen-bond acceptors (Lipinski definition) is 5. The van der Waals surface area contributed by atoms with Gasteiger partial charge in [-0.1, -0.05) is 0 Å². The number of nitrogens with zero attached hydrogens (tertiary/aromatic N) is 2. The SMILES string of the molecule is NC(=O)c1ccc[n+](C[C@H](NC(=O)[C@@H]2CCC(=O)N2)C(=O)N2CCC[C@H]2C(N)=O)c1. The summed E-state index contributed by atoms with van der Waals surface area (Å²) in [6, 6.07) is 0.655. The van der Waals surface area contributed by atoms with Crippen molar-refractivity contribution in [3.8, 4) is 0 Å². The Morgan fingerprint density at radius 2 is 2.03 bits per heavy atom. The lowest BCUT2D eigenvalue weighted by atomic mass is 10.1. The zero-order chi connectivity index (χ0) is 21.8. The molecule has 0 unspecified atom stereocenters. The molecule has 0 aliphatic carbocycles. The summed E-state index contributed by atoms with van der Waals surface area (Å²) >= 11 is 0. The van der Waals surface area contributed by atoms with Crippen LogP contribution >= 0.6 is 0 Å². The highest BCUT2D eigenvalue weighted by Gasteiger charge is 2.39. The Bertz CT molecular complexity index is 888. The number of carbonyl (C=O) groups is 5. The molecule has 11 nitrogen and oxygen atoms in total. The number of nitrogens with one attached hydrogen (secondary N) is 2. The fourth-order valence-electron chi connectivity index (χ4n) is 3.79. The molecule has 2 fully saturated rings. The van der Waals surface area contributed by atoms with E-state index in [1.807, 2.05) is 0 Å². The topological polar surface area (TPSA) is 169 Å². The molecule has 3 rings (SSSR count). The third kappa shape index (κ3) is 4.73. The van der Waals surface area contributed by atoms with Crippen molar-refractivity contribution in [3.05, 3.63) is 30.1 Å². The van der Waals surface area contributed by atoms with Crippen molar-refractivity contribution < 1.29 is 28.5 Å². The minimum Gasteiger partial charge on any atom is -0.368 e. The lowest BCUT2D eigenvalue weighted by Gasteiger charge is -2.27. The van der Waals surface area contributed by atoms with Gasteiger partial charge in [0.05, 0.1) is 0 Å². The number of carbonyl (C=O) groups excluding carboxylic acids is 5. The van der Waals surface area contributed by atoms with Crippen molar-refractivity contribution in [2.45, 2.75) is 50.4 Å². The number of likely N-dealkylation sites (tertiary alicyclic amines) is 1. The average molecular weight is 417 g/mol. The van der Waals surface area contributed by atoms with Crippen LogP contribution in [-0.2, 0) is 25.7 Å². The molecule has 5 amide bonds. The molecule has 2 saturated heterocycles. The Morgan fingerprint density at radius 3 is 2.67 bits per heavy atom. The molecule has 30 heavy (non-hydrogen) atoms. The highest BCUT2D eigenvalue weighted by molar-refractivity contribution is 5.95. The summed E-state index contributed by atoms with van der Waals surface area (Å²) in [6.45, 7) is 0.360. The quantitative estimate of drug-likeness (QED) is 0.354. The first-order valence-electron chi connectivity index (χ1n) is 9.74. The Kier molecular flexibility index (Phi) is 6.28. The molecule has 1 aromatic heterocycles. The van der Waals surface area contributed by atoms with Gasteiger partial charge in [0.25, 0.3) is 11.8 Å². The normalized spacial score (nSPS) is 21.7. The van der Waals surface area contributed by atoms with E-state index in [1.165, 1.54) is 17.2 Å². The number of nitrogens with two attached hydrogens (primary N) is 2. The van der Waals surface area contributed by atoms with Gasteiger partial charge in [0.1, 0.15) is 17.6 Å². The second-order valence-electron chi connectivity index (χ2n) is 7.47. The molecule has 0 aromatic carbocycles. The monoisotopic (exact) mass is 417 g/mol. The molecule has 1 aromatic rings. The summed E-state index contributed by atoms with van der Waals surface area (Å²) in [5, 5.41) is 5.24.